The van der Waals surface area contributed by atoms with E-state index in [-0.39, 0.29) is 17.1 Å². The Labute approximate surface area is 184 Å². The number of halogens is 1. The summed E-state index contributed by atoms with van der Waals surface area (Å²) >= 11 is 0. The molecule has 32 heavy (non-hydrogen) atoms. The Morgan fingerprint density at radius 1 is 1.16 bits per heavy atom. The number of ether oxygens (including phenoxy) is 1. The minimum absolute atomic E-state index is 0.0876. The number of nitrogens with zero attached hydrogens (tertiary/aromatic N) is 3. The number of carboxylic acid groups (broad SMARTS) is 1. The van der Waals surface area contributed by atoms with E-state index in [9.17, 15) is 14.3 Å². The summed E-state index contributed by atoms with van der Waals surface area (Å²) in [4.78, 5) is 19.9. The number of methoxy groups -OCH3 is 1. The topological polar surface area (TPSA) is 89.3 Å². The second kappa shape index (κ2) is 8.66. The molecule has 0 aliphatic rings. The zero-order valence-electron chi connectivity index (χ0n) is 18.0. The van der Waals surface area contributed by atoms with Crippen LogP contribution in [0.5, 0.6) is 5.75 Å². The van der Waals surface area contributed by atoms with Crippen molar-refractivity contribution in [2.24, 2.45) is 0 Å². The molecule has 0 saturated carbocycles. The van der Waals surface area contributed by atoms with Gasteiger partial charge in [-0.1, -0.05) is 6.07 Å². The molecule has 4 aromatic rings. The molecule has 0 bridgehead atoms. The number of anilines is 1. The number of aryl methyl sites for hydroxylation is 2. The second-order valence-electron chi connectivity index (χ2n) is 7.53. The maximum absolute atomic E-state index is 13.9. The van der Waals surface area contributed by atoms with Crippen LogP contribution in [-0.4, -0.2) is 39.3 Å². The fraction of sp³-hybridized carbons (Fsp3) is 0.208. The molecule has 2 N–H and O–H groups in total. The smallest absolute Gasteiger partial charge is 0.339 e. The monoisotopic (exact) mass is 434 g/mol. The summed E-state index contributed by atoms with van der Waals surface area (Å²) in [5.41, 5.74) is 4.29. The van der Waals surface area contributed by atoms with Gasteiger partial charge in [-0.05, 0) is 49.7 Å². The van der Waals surface area contributed by atoms with Crippen molar-refractivity contribution in [1.82, 2.24) is 14.5 Å². The van der Waals surface area contributed by atoms with Crippen LogP contribution >= 0.6 is 0 Å². The van der Waals surface area contributed by atoms with Gasteiger partial charge in [0.05, 0.1) is 18.3 Å². The molecule has 0 spiro atoms. The van der Waals surface area contributed by atoms with Gasteiger partial charge in [-0.15, -0.1) is 0 Å². The van der Waals surface area contributed by atoms with E-state index in [0.717, 1.165) is 27.7 Å². The van der Waals surface area contributed by atoms with Crippen LogP contribution in [0.2, 0.25) is 0 Å². The van der Waals surface area contributed by atoms with Crippen molar-refractivity contribution < 1.29 is 19.0 Å². The molecule has 164 valence electrons. The van der Waals surface area contributed by atoms with E-state index in [1.807, 2.05) is 13.8 Å². The first-order chi connectivity index (χ1) is 15.4. The highest BCUT2D eigenvalue weighted by molar-refractivity contribution is 5.92. The lowest BCUT2D eigenvalue weighted by molar-refractivity contribution is 0.0693. The van der Waals surface area contributed by atoms with Gasteiger partial charge in [-0.3, -0.25) is 0 Å². The standard InChI is InChI=1S/C24H23FN4O3/c1-14-8-17(25)11-21-19(14)9-15(2)29(21)7-6-26-23-12-20(27-13-28-23)16-4-5-18(24(30)31)22(10-16)32-3/h4-5,8-13H,6-7H2,1-3H3,(H,30,31)(H,26,27,28). The van der Waals surface area contributed by atoms with Crippen LogP contribution in [0.4, 0.5) is 10.2 Å². The molecular formula is C24H23FN4O3. The lowest BCUT2D eigenvalue weighted by Gasteiger charge is -2.12. The van der Waals surface area contributed by atoms with Gasteiger partial charge < -0.3 is 19.7 Å². The largest absolute Gasteiger partial charge is 0.496 e. The Bertz CT molecular complexity index is 1320. The molecular weight excluding hydrogens is 411 g/mol. The van der Waals surface area contributed by atoms with Crippen molar-refractivity contribution in [3.8, 4) is 17.0 Å². The van der Waals surface area contributed by atoms with Gasteiger partial charge in [0.25, 0.3) is 0 Å². The average molecular weight is 434 g/mol. The summed E-state index contributed by atoms with van der Waals surface area (Å²) in [5.74, 6) is -0.401. The van der Waals surface area contributed by atoms with Crippen molar-refractivity contribution >= 4 is 22.7 Å². The third kappa shape index (κ3) is 4.12. The minimum Gasteiger partial charge on any atom is -0.496 e. The Morgan fingerprint density at radius 3 is 2.72 bits per heavy atom. The van der Waals surface area contributed by atoms with Crippen LogP contribution in [0.25, 0.3) is 22.2 Å². The third-order valence-electron chi connectivity index (χ3n) is 5.44. The molecule has 4 rings (SSSR count). The number of benzene rings is 2. The van der Waals surface area contributed by atoms with E-state index in [1.54, 1.807) is 30.3 Å². The molecule has 8 heteroatoms. The van der Waals surface area contributed by atoms with Gasteiger partial charge >= 0.3 is 5.97 Å². The first kappa shape index (κ1) is 21.3. The van der Waals surface area contributed by atoms with E-state index >= 15 is 0 Å². The predicted octanol–water partition coefficient (Wildman–Crippen LogP) is 4.67. The molecule has 0 atom stereocenters. The molecule has 2 aromatic carbocycles. The summed E-state index contributed by atoms with van der Waals surface area (Å²) < 4.78 is 21.2. The fourth-order valence-corrected chi connectivity index (χ4v) is 3.86. The van der Waals surface area contributed by atoms with Crippen LogP contribution in [0.3, 0.4) is 0 Å². The van der Waals surface area contributed by atoms with Crippen molar-refractivity contribution in [2.75, 3.05) is 19.0 Å². The van der Waals surface area contributed by atoms with Crippen molar-refractivity contribution in [2.45, 2.75) is 20.4 Å². The van der Waals surface area contributed by atoms with E-state index in [2.05, 4.69) is 25.9 Å². The molecule has 2 heterocycles. The normalized spacial score (nSPS) is 11.0. The van der Waals surface area contributed by atoms with E-state index in [1.165, 1.54) is 19.5 Å². The van der Waals surface area contributed by atoms with E-state index in [0.29, 0.717) is 24.6 Å². The summed E-state index contributed by atoms with van der Waals surface area (Å²) in [6.45, 7) is 5.14. The van der Waals surface area contributed by atoms with Crippen LogP contribution in [0.15, 0.2) is 48.8 Å². The van der Waals surface area contributed by atoms with Gasteiger partial charge in [-0.25, -0.2) is 19.2 Å². The Morgan fingerprint density at radius 2 is 1.97 bits per heavy atom. The highest BCUT2D eigenvalue weighted by Gasteiger charge is 2.13. The highest BCUT2D eigenvalue weighted by atomic mass is 19.1. The Kier molecular flexibility index (Phi) is 5.77. The summed E-state index contributed by atoms with van der Waals surface area (Å²) in [6.07, 6.45) is 1.45. The molecule has 7 nitrogen and oxygen atoms in total. The molecule has 0 aliphatic carbocycles. The second-order valence-corrected chi connectivity index (χ2v) is 7.53. The molecule has 0 radical (unpaired) electrons. The lowest BCUT2D eigenvalue weighted by Crippen LogP contribution is -2.12. The molecule has 0 amide bonds. The number of rotatable bonds is 7. The van der Waals surface area contributed by atoms with Gasteiger partial charge in [0, 0.05) is 35.8 Å². The number of carboxylic acids is 1. The fourth-order valence-electron chi connectivity index (χ4n) is 3.86. The summed E-state index contributed by atoms with van der Waals surface area (Å²) in [6, 6.07) is 11.8. The number of hydrogen-bond acceptors (Lipinski definition) is 5. The molecule has 2 aromatic heterocycles. The number of hydrogen-bond donors (Lipinski definition) is 2. The maximum atomic E-state index is 13.9. The van der Waals surface area contributed by atoms with Crippen LogP contribution in [0, 0.1) is 19.7 Å². The van der Waals surface area contributed by atoms with Crippen molar-refractivity contribution in [1.29, 1.82) is 0 Å². The minimum atomic E-state index is -1.05. The zero-order chi connectivity index (χ0) is 22.8. The number of carbonyl (C=O) groups is 1. The average Bonchev–Trinajstić information content (AvgIpc) is 3.09. The Balaban J connectivity index is 1.52. The summed E-state index contributed by atoms with van der Waals surface area (Å²) in [7, 11) is 1.43. The SMILES string of the molecule is COc1cc(-c2cc(NCCn3c(C)cc4c(C)cc(F)cc43)ncn2)ccc1C(=O)O. The first-order valence-corrected chi connectivity index (χ1v) is 10.1. The number of aromatic carboxylic acids is 1. The maximum Gasteiger partial charge on any atom is 0.339 e. The van der Waals surface area contributed by atoms with Crippen LogP contribution in [-0.2, 0) is 6.54 Å². The highest BCUT2D eigenvalue weighted by Crippen LogP contribution is 2.27. The summed E-state index contributed by atoms with van der Waals surface area (Å²) in [5, 5.41) is 13.6. The molecule has 0 fully saturated rings. The van der Waals surface area contributed by atoms with Gasteiger partial charge in [0.2, 0.25) is 0 Å². The first-order valence-electron chi connectivity index (χ1n) is 10.1. The van der Waals surface area contributed by atoms with Crippen LogP contribution in [0.1, 0.15) is 21.6 Å². The third-order valence-corrected chi connectivity index (χ3v) is 5.44. The molecule has 0 saturated heterocycles. The van der Waals surface area contributed by atoms with Gasteiger partial charge in [-0.2, -0.15) is 0 Å². The molecule has 0 unspecified atom stereocenters. The van der Waals surface area contributed by atoms with E-state index < -0.39 is 5.97 Å². The lowest BCUT2D eigenvalue weighted by atomic mass is 10.1. The van der Waals surface area contributed by atoms with Crippen molar-refractivity contribution in [3.05, 3.63) is 71.4 Å². The molecule has 0 aliphatic heterocycles. The zero-order valence-corrected chi connectivity index (χ0v) is 18.0. The number of aromatic nitrogens is 3. The van der Waals surface area contributed by atoms with E-state index in [4.69, 9.17) is 4.74 Å². The predicted molar refractivity (Wildman–Crippen MR) is 121 cm³/mol. The Hall–Kier alpha value is -3.94. The number of fused-ring (bicyclic) bond motifs is 1. The van der Waals surface area contributed by atoms with Gasteiger partial charge in [0.15, 0.2) is 0 Å². The van der Waals surface area contributed by atoms with Crippen LogP contribution < -0.4 is 10.1 Å². The van der Waals surface area contributed by atoms with Crippen molar-refractivity contribution in [3.63, 3.8) is 0 Å². The quantitative estimate of drug-likeness (QED) is 0.439. The number of nitrogens with one attached hydrogen (secondary N) is 1. The van der Waals surface area contributed by atoms with Gasteiger partial charge in [0.1, 0.15) is 29.3 Å².